The van der Waals surface area contributed by atoms with Crippen LogP contribution in [0.25, 0.3) is 0 Å². The maximum atomic E-state index is 12.9. The lowest BCUT2D eigenvalue weighted by Gasteiger charge is -2.34. The van der Waals surface area contributed by atoms with Gasteiger partial charge >= 0.3 is 11.9 Å². The number of hydrogen-bond donors (Lipinski definition) is 2. The fourth-order valence-corrected chi connectivity index (χ4v) is 4.75. The number of carboxylic acid groups (broad SMARTS) is 2. The van der Waals surface area contributed by atoms with Crippen LogP contribution in [0.5, 0.6) is 5.75 Å². The van der Waals surface area contributed by atoms with Crippen molar-refractivity contribution in [3.63, 3.8) is 0 Å². The summed E-state index contributed by atoms with van der Waals surface area (Å²) in [6.07, 6.45) is 0. The average Bonchev–Trinajstić information content (AvgIpc) is 2.80. The van der Waals surface area contributed by atoms with Gasteiger partial charge in [0, 0.05) is 44.4 Å². The van der Waals surface area contributed by atoms with Crippen LogP contribution in [0, 0.1) is 10.1 Å². The van der Waals surface area contributed by atoms with Gasteiger partial charge in [-0.15, -0.1) is 0 Å². The smallest absolute Gasteiger partial charge is 0.414 e. The van der Waals surface area contributed by atoms with Crippen LogP contribution in [0.4, 0.5) is 5.69 Å². The molecule has 178 valence electrons. The minimum Gasteiger partial charge on any atom is -0.496 e. The lowest BCUT2D eigenvalue weighted by atomic mass is 10.2. The molecule has 0 atom stereocenters. The van der Waals surface area contributed by atoms with Gasteiger partial charge in [-0.3, -0.25) is 15.0 Å². The molecule has 3 rings (SSSR count). The molecule has 0 saturated carbocycles. The zero-order chi connectivity index (χ0) is 24.6. The standard InChI is InChI=1S/C18H21N3O5S.C2H2O4/c1-26-17-8-4-2-6-15(17)14-19-10-12-20(13-11-19)27(24,25)18-9-5-3-7-16(18)21(22)23;3-1(4)2(5)6/h2-9H,10-14H2,1H3;(H,3,4)(H,5,6). The molecule has 1 fully saturated rings. The molecular weight excluding hydrogens is 458 g/mol. The van der Waals surface area contributed by atoms with Crippen LogP contribution >= 0.6 is 0 Å². The summed E-state index contributed by atoms with van der Waals surface area (Å²) in [5, 5.41) is 26.0. The van der Waals surface area contributed by atoms with Gasteiger partial charge in [-0.25, -0.2) is 18.0 Å². The molecule has 0 radical (unpaired) electrons. The molecule has 1 aliphatic rings. The molecule has 0 bridgehead atoms. The first kappa shape index (κ1) is 25.7. The van der Waals surface area contributed by atoms with Crippen molar-refractivity contribution in [1.29, 1.82) is 0 Å². The van der Waals surface area contributed by atoms with E-state index in [0.717, 1.165) is 11.3 Å². The number of carbonyl (C=O) groups is 2. The van der Waals surface area contributed by atoms with Crippen LogP contribution in [0.15, 0.2) is 53.4 Å². The minimum absolute atomic E-state index is 0.256. The second kappa shape index (κ2) is 11.4. The maximum Gasteiger partial charge on any atom is 0.414 e. The molecule has 2 N–H and O–H groups in total. The predicted octanol–water partition coefficient (Wildman–Crippen LogP) is 1.27. The van der Waals surface area contributed by atoms with Gasteiger partial charge in [0.15, 0.2) is 4.90 Å². The van der Waals surface area contributed by atoms with E-state index >= 15 is 0 Å². The number of methoxy groups -OCH3 is 1. The highest BCUT2D eigenvalue weighted by molar-refractivity contribution is 7.89. The van der Waals surface area contributed by atoms with Crippen molar-refractivity contribution < 1.29 is 37.9 Å². The van der Waals surface area contributed by atoms with Gasteiger partial charge in [0.2, 0.25) is 10.0 Å². The molecule has 0 spiro atoms. The second-order valence-corrected chi connectivity index (χ2v) is 8.73. The summed E-state index contributed by atoms with van der Waals surface area (Å²) in [6, 6.07) is 13.2. The molecule has 0 aliphatic carbocycles. The monoisotopic (exact) mass is 481 g/mol. The van der Waals surface area contributed by atoms with E-state index in [4.69, 9.17) is 24.5 Å². The summed E-state index contributed by atoms with van der Waals surface area (Å²) in [4.78, 5) is 30.6. The van der Waals surface area contributed by atoms with E-state index in [2.05, 4.69) is 4.90 Å². The fourth-order valence-electron chi connectivity index (χ4n) is 3.17. The van der Waals surface area contributed by atoms with Crippen LogP contribution in [-0.4, -0.2) is 78.0 Å². The third-order valence-corrected chi connectivity index (χ3v) is 6.73. The number of hydrogen-bond acceptors (Lipinski definition) is 8. The molecular formula is C20H23N3O9S. The molecule has 1 saturated heterocycles. The lowest BCUT2D eigenvalue weighted by molar-refractivity contribution is -0.387. The number of aliphatic carboxylic acids is 2. The Bertz CT molecular complexity index is 1100. The van der Waals surface area contributed by atoms with Crippen molar-refractivity contribution in [2.24, 2.45) is 0 Å². The lowest BCUT2D eigenvalue weighted by Crippen LogP contribution is -2.48. The minimum atomic E-state index is -3.91. The normalized spacial score (nSPS) is 14.6. The number of benzene rings is 2. The topological polar surface area (TPSA) is 168 Å². The number of sulfonamides is 1. The van der Waals surface area contributed by atoms with Gasteiger partial charge in [0.1, 0.15) is 5.75 Å². The molecule has 12 nitrogen and oxygen atoms in total. The van der Waals surface area contributed by atoms with Gasteiger partial charge in [0.25, 0.3) is 5.69 Å². The van der Waals surface area contributed by atoms with Gasteiger partial charge in [-0.2, -0.15) is 4.31 Å². The van der Waals surface area contributed by atoms with Crippen molar-refractivity contribution in [1.82, 2.24) is 9.21 Å². The van der Waals surface area contributed by atoms with E-state index in [0.29, 0.717) is 19.6 Å². The van der Waals surface area contributed by atoms with Crippen LogP contribution in [0.3, 0.4) is 0 Å². The summed E-state index contributed by atoms with van der Waals surface area (Å²) in [6.45, 7) is 2.30. The van der Waals surface area contributed by atoms with E-state index in [1.807, 2.05) is 24.3 Å². The third-order valence-electron chi connectivity index (χ3n) is 4.78. The summed E-state index contributed by atoms with van der Waals surface area (Å²) in [7, 11) is -2.29. The molecule has 0 unspecified atom stereocenters. The Balaban J connectivity index is 0.000000569. The Morgan fingerprint density at radius 2 is 1.55 bits per heavy atom. The second-order valence-electron chi connectivity index (χ2n) is 6.83. The highest BCUT2D eigenvalue weighted by atomic mass is 32.2. The van der Waals surface area contributed by atoms with Crippen molar-refractivity contribution in [3.05, 3.63) is 64.2 Å². The summed E-state index contributed by atoms with van der Waals surface area (Å²) in [5.41, 5.74) is 0.643. The average molecular weight is 481 g/mol. The maximum absolute atomic E-state index is 12.9. The Morgan fingerprint density at radius 1 is 1.00 bits per heavy atom. The molecule has 33 heavy (non-hydrogen) atoms. The van der Waals surface area contributed by atoms with E-state index < -0.39 is 32.6 Å². The number of para-hydroxylation sites is 2. The summed E-state index contributed by atoms with van der Waals surface area (Å²) in [5.74, 6) is -2.85. The van der Waals surface area contributed by atoms with E-state index in [1.165, 1.54) is 28.6 Å². The number of nitro groups is 1. The van der Waals surface area contributed by atoms with Crippen molar-refractivity contribution in [2.45, 2.75) is 11.4 Å². The van der Waals surface area contributed by atoms with E-state index in [1.54, 1.807) is 7.11 Å². The van der Waals surface area contributed by atoms with Gasteiger partial charge in [-0.05, 0) is 12.1 Å². The molecule has 2 aromatic carbocycles. The van der Waals surface area contributed by atoms with Crippen LogP contribution in [-0.2, 0) is 26.2 Å². The number of nitro benzene ring substituents is 1. The summed E-state index contributed by atoms with van der Waals surface area (Å²) >= 11 is 0. The fraction of sp³-hybridized carbons (Fsp3) is 0.300. The first-order valence-electron chi connectivity index (χ1n) is 9.62. The first-order valence-corrected chi connectivity index (χ1v) is 11.1. The summed E-state index contributed by atoms with van der Waals surface area (Å²) < 4.78 is 32.4. The molecule has 13 heteroatoms. The Kier molecular flexibility index (Phi) is 8.85. The van der Waals surface area contributed by atoms with E-state index in [9.17, 15) is 18.5 Å². The van der Waals surface area contributed by atoms with E-state index in [-0.39, 0.29) is 18.0 Å². The number of carboxylic acids is 2. The van der Waals surface area contributed by atoms with Gasteiger partial charge in [0.05, 0.1) is 12.0 Å². The molecule has 1 heterocycles. The highest BCUT2D eigenvalue weighted by Crippen LogP contribution is 2.27. The van der Waals surface area contributed by atoms with Crippen LogP contribution < -0.4 is 4.74 Å². The molecule has 1 aliphatic heterocycles. The third kappa shape index (κ3) is 6.71. The Labute approximate surface area is 189 Å². The largest absolute Gasteiger partial charge is 0.496 e. The van der Waals surface area contributed by atoms with Crippen molar-refractivity contribution in [3.8, 4) is 5.75 Å². The quantitative estimate of drug-likeness (QED) is 0.348. The predicted molar refractivity (Wildman–Crippen MR) is 115 cm³/mol. The van der Waals surface area contributed by atoms with Gasteiger partial charge in [-0.1, -0.05) is 30.3 Å². The van der Waals surface area contributed by atoms with Crippen molar-refractivity contribution in [2.75, 3.05) is 33.3 Å². The van der Waals surface area contributed by atoms with Crippen LogP contribution in [0.2, 0.25) is 0 Å². The first-order chi connectivity index (χ1) is 15.6. The Morgan fingerprint density at radius 3 is 2.09 bits per heavy atom. The van der Waals surface area contributed by atoms with Crippen molar-refractivity contribution >= 4 is 27.6 Å². The number of piperazine rings is 1. The van der Waals surface area contributed by atoms with Crippen LogP contribution in [0.1, 0.15) is 5.56 Å². The Hall–Kier alpha value is -3.55. The number of rotatable bonds is 6. The number of ether oxygens (including phenoxy) is 1. The molecule has 0 amide bonds. The number of nitrogens with zero attached hydrogens (tertiary/aromatic N) is 3. The SMILES string of the molecule is COc1ccccc1CN1CCN(S(=O)(=O)c2ccccc2[N+](=O)[O-])CC1.O=C(O)C(=O)O. The van der Waals surface area contributed by atoms with Gasteiger partial charge < -0.3 is 14.9 Å². The zero-order valence-electron chi connectivity index (χ0n) is 17.7. The molecule has 2 aromatic rings. The molecule has 0 aromatic heterocycles. The highest BCUT2D eigenvalue weighted by Gasteiger charge is 2.33. The zero-order valence-corrected chi connectivity index (χ0v) is 18.5.